The number of pyridine rings is 1. The summed E-state index contributed by atoms with van der Waals surface area (Å²) in [6.45, 7) is 0.748. The average molecular weight is 304 g/mol. The van der Waals surface area contributed by atoms with Crippen LogP contribution in [0.15, 0.2) is 42.6 Å². The minimum absolute atomic E-state index is 0.0223. The molecular formula is C16H18ClN3O. The molecule has 0 radical (unpaired) electrons. The van der Waals surface area contributed by atoms with Gasteiger partial charge in [0, 0.05) is 6.20 Å². The van der Waals surface area contributed by atoms with Crippen molar-refractivity contribution in [2.24, 2.45) is 5.84 Å². The van der Waals surface area contributed by atoms with E-state index >= 15 is 0 Å². The van der Waals surface area contributed by atoms with Gasteiger partial charge in [0.15, 0.2) is 0 Å². The summed E-state index contributed by atoms with van der Waals surface area (Å²) in [5.74, 6) is 5.71. The standard InChI is InChI=1S/C16H18ClN3O/c17-16-6-5-12(10-19-16)14(20-18)9-15-13-4-2-1-3-11(13)7-8-21-15/h1-6,10,14-15,20H,7-9,18H2. The highest BCUT2D eigenvalue weighted by Crippen LogP contribution is 2.34. The first kappa shape index (κ1) is 14.5. The second kappa shape index (κ2) is 6.54. The van der Waals surface area contributed by atoms with Crippen molar-refractivity contribution in [1.82, 2.24) is 10.4 Å². The van der Waals surface area contributed by atoms with Gasteiger partial charge < -0.3 is 4.74 Å². The van der Waals surface area contributed by atoms with Gasteiger partial charge in [-0.2, -0.15) is 0 Å². The van der Waals surface area contributed by atoms with E-state index in [1.165, 1.54) is 11.1 Å². The fourth-order valence-corrected chi connectivity index (χ4v) is 2.89. The van der Waals surface area contributed by atoms with Gasteiger partial charge in [-0.05, 0) is 35.6 Å². The first-order valence-corrected chi connectivity index (χ1v) is 7.42. The third kappa shape index (κ3) is 3.24. The predicted octanol–water partition coefficient (Wildman–Crippen LogP) is 2.94. The highest BCUT2D eigenvalue weighted by molar-refractivity contribution is 6.29. The number of benzene rings is 1. The van der Waals surface area contributed by atoms with Gasteiger partial charge in [-0.3, -0.25) is 11.3 Å². The van der Waals surface area contributed by atoms with Crippen LogP contribution in [0, 0.1) is 0 Å². The van der Waals surface area contributed by atoms with Crippen molar-refractivity contribution in [1.29, 1.82) is 0 Å². The molecule has 2 atom stereocenters. The van der Waals surface area contributed by atoms with Gasteiger partial charge in [0.1, 0.15) is 5.15 Å². The zero-order valence-electron chi connectivity index (χ0n) is 11.6. The largest absolute Gasteiger partial charge is 0.373 e. The third-order valence-corrected chi connectivity index (χ3v) is 4.12. The number of rotatable bonds is 4. The lowest BCUT2D eigenvalue weighted by molar-refractivity contribution is 0.0292. The topological polar surface area (TPSA) is 60.2 Å². The molecule has 2 unspecified atom stereocenters. The molecule has 5 heteroatoms. The van der Waals surface area contributed by atoms with Gasteiger partial charge >= 0.3 is 0 Å². The molecule has 0 fully saturated rings. The number of halogens is 1. The average Bonchev–Trinajstić information content (AvgIpc) is 2.54. The number of aromatic nitrogens is 1. The number of nitrogens with one attached hydrogen (secondary N) is 1. The van der Waals surface area contributed by atoms with Crippen molar-refractivity contribution in [3.05, 3.63) is 64.4 Å². The van der Waals surface area contributed by atoms with Crippen LogP contribution in [0.25, 0.3) is 0 Å². The third-order valence-electron chi connectivity index (χ3n) is 3.90. The molecule has 1 aliphatic rings. The Labute approximate surface area is 129 Å². The lowest BCUT2D eigenvalue weighted by Gasteiger charge is -2.29. The van der Waals surface area contributed by atoms with Crippen molar-refractivity contribution in [3.63, 3.8) is 0 Å². The van der Waals surface area contributed by atoms with Crippen LogP contribution in [0.4, 0.5) is 0 Å². The first-order valence-electron chi connectivity index (χ1n) is 7.05. The Morgan fingerprint density at radius 3 is 2.95 bits per heavy atom. The maximum atomic E-state index is 5.94. The zero-order valence-corrected chi connectivity index (χ0v) is 12.4. The number of ether oxygens (including phenoxy) is 1. The van der Waals surface area contributed by atoms with E-state index < -0.39 is 0 Å². The number of nitrogens with two attached hydrogens (primary N) is 1. The monoisotopic (exact) mass is 303 g/mol. The minimum atomic E-state index is -0.0223. The van der Waals surface area contributed by atoms with Crippen LogP contribution < -0.4 is 11.3 Å². The number of fused-ring (bicyclic) bond motifs is 1. The van der Waals surface area contributed by atoms with E-state index in [0.717, 1.165) is 25.0 Å². The summed E-state index contributed by atoms with van der Waals surface area (Å²) in [5, 5.41) is 0.480. The zero-order chi connectivity index (χ0) is 14.7. The minimum Gasteiger partial charge on any atom is -0.373 e. The molecule has 0 spiro atoms. The molecule has 3 rings (SSSR count). The Hall–Kier alpha value is -1.46. The maximum Gasteiger partial charge on any atom is 0.129 e. The van der Waals surface area contributed by atoms with Gasteiger partial charge in [-0.25, -0.2) is 4.98 Å². The van der Waals surface area contributed by atoms with E-state index in [-0.39, 0.29) is 12.1 Å². The quantitative estimate of drug-likeness (QED) is 0.518. The molecule has 3 N–H and O–H groups in total. The van der Waals surface area contributed by atoms with Crippen molar-refractivity contribution in [3.8, 4) is 0 Å². The van der Waals surface area contributed by atoms with Crippen molar-refractivity contribution in [2.45, 2.75) is 25.0 Å². The predicted molar refractivity (Wildman–Crippen MR) is 82.8 cm³/mol. The van der Waals surface area contributed by atoms with E-state index in [4.69, 9.17) is 22.2 Å². The number of hydrazine groups is 1. The summed E-state index contributed by atoms with van der Waals surface area (Å²) in [6, 6.07) is 12.1. The van der Waals surface area contributed by atoms with E-state index in [1.54, 1.807) is 12.3 Å². The molecular weight excluding hydrogens is 286 g/mol. The van der Waals surface area contributed by atoms with E-state index in [2.05, 4.69) is 34.7 Å². The van der Waals surface area contributed by atoms with Gasteiger partial charge in [0.2, 0.25) is 0 Å². The van der Waals surface area contributed by atoms with Crippen molar-refractivity contribution >= 4 is 11.6 Å². The van der Waals surface area contributed by atoms with Gasteiger partial charge in [0.05, 0.1) is 18.8 Å². The highest BCUT2D eigenvalue weighted by atomic mass is 35.5. The molecule has 0 bridgehead atoms. The van der Waals surface area contributed by atoms with Gasteiger partial charge in [-0.1, -0.05) is 41.9 Å². The van der Waals surface area contributed by atoms with Gasteiger partial charge in [-0.15, -0.1) is 0 Å². The Bertz CT molecular complexity index is 603. The molecule has 0 aliphatic carbocycles. The van der Waals surface area contributed by atoms with Crippen LogP contribution in [0.3, 0.4) is 0 Å². The first-order chi connectivity index (χ1) is 10.3. The second-order valence-corrected chi connectivity index (χ2v) is 5.56. The summed E-state index contributed by atoms with van der Waals surface area (Å²) in [4.78, 5) is 4.11. The molecule has 0 amide bonds. The normalized spacial score (nSPS) is 19.0. The molecule has 110 valence electrons. The van der Waals surface area contributed by atoms with Crippen LogP contribution >= 0.6 is 11.6 Å². The number of nitrogens with zero attached hydrogens (tertiary/aromatic N) is 1. The van der Waals surface area contributed by atoms with E-state index in [0.29, 0.717) is 5.15 Å². The molecule has 1 aromatic heterocycles. The van der Waals surface area contributed by atoms with Gasteiger partial charge in [0.25, 0.3) is 0 Å². The molecule has 1 aliphatic heterocycles. The van der Waals surface area contributed by atoms with Crippen molar-refractivity contribution in [2.75, 3.05) is 6.61 Å². The van der Waals surface area contributed by atoms with Crippen LogP contribution in [-0.2, 0) is 11.2 Å². The van der Waals surface area contributed by atoms with Crippen LogP contribution in [0.1, 0.15) is 35.3 Å². The van der Waals surface area contributed by atoms with Crippen molar-refractivity contribution < 1.29 is 4.74 Å². The van der Waals surface area contributed by atoms with E-state index in [9.17, 15) is 0 Å². The van der Waals surface area contributed by atoms with E-state index in [1.807, 2.05) is 6.07 Å². The summed E-state index contributed by atoms with van der Waals surface area (Å²) in [5.41, 5.74) is 6.48. The van der Waals surface area contributed by atoms with Crippen LogP contribution in [-0.4, -0.2) is 11.6 Å². The Morgan fingerprint density at radius 2 is 2.19 bits per heavy atom. The molecule has 2 heterocycles. The smallest absolute Gasteiger partial charge is 0.129 e. The van der Waals surface area contributed by atoms with Crippen LogP contribution in [0.5, 0.6) is 0 Å². The fraction of sp³-hybridized carbons (Fsp3) is 0.312. The summed E-state index contributed by atoms with van der Waals surface area (Å²) in [6.07, 6.45) is 3.53. The summed E-state index contributed by atoms with van der Waals surface area (Å²) >= 11 is 5.83. The molecule has 1 aromatic carbocycles. The second-order valence-electron chi connectivity index (χ2n) is 5.18. The highest BCUT2D eigenvalue weighted by Gasteiger charge is 2.24. The Morgan fingerprint density at radius 1 is 1.33 bits per heavy atom. The summed E-state index contributed by atoms with van der Waals surface area (Å²) in [7, 11) is 0. The number of hydrogen-bond donors (Lipinski definition) is 2. The molecule has 4 nitrogen and oxygen atoms in total. The molecule has 2 aromatic rings. The fourth-order valence-electron chi connectivity index (χ4n) is 2.78. The molecule has 0 saturated heterocycles. The van der Waals surface area contributed by atoms with Crippen LogP contribution in [0.2, 0.25) is 5.15 Å². The lowest BCUT2D eigenvalue weighted by Crippen LogP contribution is -2.31. The molecule has 0 saturated carbocycles. The maximum absolute atomic E-state index is 5.94. The molecule has 21 heavy (non-hydrogen) atoms. The Balaban J connectivity index is 1.80. The lowest BCUT2D eigenvalue weighted by atomic mass is 9.92. The number of hydrogen-bond acceptors (Lipinski definition) is 4. The SMILES string of the molecule is NNC(CC1OCCc2ccccc21)c1ccc(Cl)nc1. The summed E-state index contributed by atoms with van der Waals surface area (Å²) < 4.78 is 5.94. The Kier molecular flexibility index (Phi) is 4.51.